The average Bonchev–Trinajstić information content (AvgIpc) is 2.77. The molecular formula is C17H17N3. The van der Waals surface area contributed by atoms with Gasteiger partial charge in [-0.3, -0.25) is 0 Å². The van der Waals surface area contributed by atoms with Crippen molar-refractivity contribution >= 4 is 11.3 Å². The zero-order chi connectivity index (χ0) is 13.9. The Morgan fingerprint density at radius 3 is 2.80 bits per heavy atom. The predicted molar refractivity (Wildman–Crippen MR) is 81.8 cm³/mol. The molecule has 1 aromatic carbocycles. The first kappa shape index (κ1) is 11.5. The molecule has 0 fully saturated rings. The van der Waals surface area contributed by atoms with Crippen molar-refractivity contribution in [3.8, 4) is 11.3 Å². The minimum Gasteiger partial charge on any atom is -0.398 e. The van der Waals surface area contributed by atoms with Gasteiger partial charge in [0.15, 0.2) is 0 Å². The van der Waals surface area contributed by atoms with E-state index < -0.39 is 0 Å². The van der Waals surface area contributed by atoms with E-state index in [1.165, 1.54) is 16.8 Å². The molecule has 0 unspecified atom stereocenters. The van der Waals surface area contributed by atoms with E-state index in [4.69, 9.17) is 10.7 Å². The van der Waals surface area contributed by atoms with E-state index in [0.717, 1.165) is 23.4 Å². The number of nitrogen functional groups attached to an aromatic ring is 1. The summed E-state index contributed by atoms with van der Waals surface area (Å²) in [6.07, 6.45) is 2.95. The minimum atomic E-state index is 0.115. The second-order valence-corrected chi connectivity index (χ2v) is 6.20. The molecule has 0 atom stereocenters. The minimum absolute atomic E-state index is 0.115. The third kappa shape index (κ3) is 1.43. The number of nitrogens with two attached hydrogens (primary N) is 1. The Kier molecular flexibility index (Phi) is 2.09. The number of hydrogen-bond donors (Lipinski definition) is 1. The Morgan fingerprint density at radius 1 is 1.15 bits per heavy atom. The summed E-state index contributed by atoms with van der Waals surface area (Å²) in [4.78, 5) is 4.81. The van der Waals surface area contributed by atoms with Gasteiger partial charge in [-0.2, -0.15) is 0 Å². The molecule has 2 heterocycles. The van der Waals surface area contributed by atoms with E-state index in [9.17, 15) is 0 Å². The standard InChI is InChI=1S/C17H17N3/c1-17(2)9-14-16(12-5-3-4-6-13(12)17)19-15-8-7-11(18)10-20(14)15/h3-8,10H,9,18H2,1-2H3. The summed E-state index contributed by atoms with van der Waals surface area (Å²) in [5.41, 5.74) is 12.8. The van der Waals surface area contributed by atoms with E-state index in [0.29, 0.717) is 0 Å². The molecule has 0 radical (unpaired) electrons. The normalized spacial score (nSPS) is 15.9. The van der Waals surface area contributed by atoms with Crippen LogP contribution in [0.5, 0.6) is 0 Å². The first-order valence-corrected chi connectivity index (χ1v) is 6.93. The predicted octanol–water partition coefficient (Wildman–Crippen LogP) is 3.42. The van der Waals surface area contributed by atoms with Crippen molar-refractivity contribution in [3.63, 3.8) is 0 Å². The van der Waals surface area contributed by atoms with Crippen molar-refractivity contribution in [1.82, 2.24) is 9.38 Å². The number of anilines is 1. The van der Waals surface area contributed by atoms with Crippen molar-refractivity contribution in [1.29, 1.82) is 0 Å². The van der Waals surface area contributed by atoms with Gasteiger partial charge in [0, 0.05) is 17.4 Å². The molecule has 0 aliphatic heterocycles. The number of benzene rings is 1. The lowest BCUT2D eigenvalue weighted by Crippen LogP contribution is -2.26. The molecule has 20 heavy (non-hydrogen) atoms. The third-order valence-corrected chi connectivity index (χ3v) is 4.26. The summed E-state index contributed by atoms with van der Waals surface area (Å²) >= 11 is 0. The number of aromatic nitrogens is 2. The number of nitrogens with zero attached hydrogens (tertiary/aromatic N) is 2. The molecule has 1 aliphatic carbocycles. The summed E-state index contributed by atoms with van der Waals surface area (Å²) in [6.45, 7) is 4.58. The van der Waals surface area contributed by atoms with Crippen molar-refractivity contribution < 1.29 is 0 Å². The Balaban J connectivity index is 2.11. The molecule has 0 bridgehead atoms. The van der Waals surface area contributed by atoms with Crippen molar-refractivity contribution in [2.45, 2.75) is 25.7 Å². The van der Waals surface area contributed by atoms with E-state index in [1.807, 2.05) is 18.3 Å². The van der Waals surface area contributed by atoms with Gasteiger partial charge >= 0.3 is 0 Å². The van der Waals surface area contributed by atoms with E-state index in [2.05, 4.69) is 42.5 Å². The first-order chi connectivity index (χ1) is 9.56. The zero-order valence-corrected chi connectivity index (χ0v) is 11.7. The van der Waals surface area contributed by atoms with Gasteiger partial charge < -0.3 is 10.1 Å². The van der Waals surface area contributed by atoms with Crippen LogP contribution >= 0.6 is 0 Å². The average molecular weight is 263 g/mol. The van der Waals surface area contributed by atoms with Gasteiger partial charge in [0.05, 0.1) is 11.4 Å². The van der Waals surface area contributed by atoms with Gasteiger partial charge in [0.2, 0.25) is 0 Å². The summed E-state index contributed by atoms with van der Waals surface area (Å²) in [5, 5.41) is 0. The topological polar surface area (TPSA) is 43.3 Å². The molecule has 4 rings (SSSR count). The first-order valence-electron chi connectivity index (χ1n) is 6.93. The fourth-order valence-electron chi connectivity index (χ4n) is 3.29. The lowest BCUT2D eigenvalue weighted by Gasteiger charge is -2.32. The van der Waals surface area contributed by atoms with E-state index >= 15 is 0 Å². The van der Waals surface area contributed by atoms with Crippen LogP contribution in [0.2, 0.25) is 0 Å². The van der Waals surface area contributed by atoms with Crippen LogP contribution in [0, 0.1) is 0 Å². The summed E-state index contributed by atoms with van der Waals surface area (Å²) < 4.78 is 2.14. The summed E-state index contributed by atoms with van der Waals surface area (Å²) in [7, 11) is 0. The van der Waals surface area contributed by atoms with Gasteiger partial charge in [-0.25, -0.2) is 4.98 Å². The molecule has 100 valence electrons. The molecule has 0 amide bonds. The molecule has 3 heteroatoms. The Bertz CT molecular complexity index is 827. The molecule has 3 nitrogen and oxygen atoms in total. The zero-order valence-electron chi connectivity index (χ0n) is 11.7. The highest BCUT2D eigenvalue weighted by Gasteiger charge is 2.33. The maximum atomic E-state index is 5.93. The van der Waals surface area contributed by atoms with Crippen molar-refractivity contribution in [2.75, 3.05) is 5.73 Å². The molecule has 2 N–H and O–H groups in total. The fraction of sp³-hybridized carbons (Fsp3) is 0.235. The van der Waals surface area contributed by atoms with Crippen LogP contribution in [-0.2, 0) is 11.8 Å². The summed E-state index contributed by atoms with van der Waals surface area (Å²) in [6, 6.07) is 12.5. The summed E-state index contributed by atoms with van der Waals surface area (Å²) in [5.74, 6) is 0. The molecule has 0 saturated heterocycles. The molecule has 0 spiro atoms. The number of fused-ring (bicyclic) bond motifs is 5. The highest BCUT2D eigenvalue weighted by atomic mass is 15.0. The molecule has 0 saturated carbocycles. The maximum absolute atomic E-state index is 5.93. The van der Waals surface area contributed by atoms with Crippen molar-refractivity contribution in [3.05, 3.63) is 53.9 Å². The quantitative estimate of drug-likeness (QED) is 0.675. The lowest BCUT2D eigenvalue weighted by atomic mass is 9.73. The molecule has 2 aromatic heterocycles. The largest absolute Gasteiger partial charge is 0.398 e. The van der Waals surface area contributed by atoms with Gasteiger partial charge in [-0.15, -0.1) is 0 Å². The molecular weight excluding hydrogens is 246 g/mol. The Morgan fingerprint density at radius 2 is 1.95 bits per heavy atom. The van der Waals surface area contributed by atoms with Crippen LogP contribution < -0.4 is 5.73 Å². The Hall–Kier alpha value is -2.29. The van der Waals surface area contributed by atoms with Crippen LogP contribution in [0.4, 0.5) is 5.69 Å². The third-order valence-electron chi connectivity index (χ3n) is 4.26. The monoisotopic (exact) mass is 263 g/mol. The van der Waals surface area contributed by atoms with Crippen LogP contribution in [0.25, 0.3) is 16.9 Å². The molecule has 1 aliphatic rings. The maximum Gasteiger partial charge on any atom is 0.137 e. The van der Waals surface area contributed by atoms with Crippen LogP contribution in [0.3, 0.4) is 0 Å². The fourth-order valence-corrected chi connectivity index (χ4v) is 3.29. The number of rotatable bonds is 0. The van der Waals surface area contributed by atoms with Crippen LogP contribution in [-0.4, -0.2) is 9.38 Å². The second-order valence-electron chi connectivity index (χ2n) is 6.20. The number of hydrogen-bond acceptors (Lipinski definition) is 2. The highest BCUT2D eigenvalue weighted by molar-refractivity contribution is 5.74. The lowest BCUT2D eigenvalue weighted by molar-refractivity contribution is 0.508. The van der Waals surface area contributed by atoms with Crippen LogP contribution in [0.15, 0.2) is 42.6 Å². The second kappa shape index (κ2) is 3.63. The van der Waals surface area contributed by atoms with Gasteiger partial charge in [-0.1, -0.05) is 38.1 Å². The van der Waals surface area contributed by atoms with Crippen LogP contribution in [0.1, 0.15) is 25.1 Å². The van der Waals surface area contributed by atoms with Gasteiger partial charge in [-0.05, 0) is 29.5 Å². The molecule has 3 aromatic rings. The van der Waals surface area contributed by atoms with E-state index in [1.54, 1.807) is 0 Å². The number of imidazole rings is 1. The van der Waals surface area contributed by atoms with E-state index in [-0.39, 0.29) is 5.41 Å². The smallest absolute Gasteiger partial charge is 0.137 e. The van der Waals surface area contributed by atoms with Gasteiger partial charge in [0.1, 0.15) is 5.65 Å². The SMILES string of the molecule is CC1(C)Cc2c(nc3ccc(N)cn23)-c2ccccc21. The highest BCUT2D eigenvalue weighted by Crippen LogP contribution is 2.42. The Labute approximate surface area is 118 Å². The van der Waals surface area contributed by atoms with Crippen molar-refractivity contribution in [2.24, 2.45) is 0 Å². The number of pyridine rings is 1. The van der Waals surface area contributed by atoms with Gasteiger partial charge in [0.25, 0.3) is 0 Å².